The second-order valence-corrected chi connectivity index (χ2v) is 8.62. The van der Waals surface area contributed by atoms with Crippen LogP contribution in [0, 0.1) is 12.7 Å². The number of hydrogen-bond acceptors (Lipinski definition) is 5. The zero-order valence-corrected chi connectivity index (χ0v) is 19.9. The van der Waals surface area contributed by atoms with Crippen LogP contribution in [0.3, 0.4) is 0 Å². The molecule has 4 rings (SSSR count). The number of piperazine rings is 1. The fourth-order valence-corrected chi connectivity index (χ4v) is 4.58. The predicted molar refractivity (Wildman–Crippen MR) is 129 cm³/mol. The van der Waals surface area contributed by atoms with Gasteiger partial charge in [-0.2, -0.15) is 0 Å². The molecule has 2 amide bonds. The molecular weight excluding hydrogens is 435 g/mol. The molecule has 0 saturated carbocycles. The molecule has 2 aliphatic heterocycles. The Morgan fingerprint density at radius 1 is 1.09 bits per heavy atom. The number of anilines is 1. The van der Waals surface area contributed by atoms with Gasteiger partial charge >= 0.3 is 12.0 Å². The fourth-order valence-electron chi connectivity index (χ4n) is 4.58. The molecule has 0 aromatic heterocycles. The Balaban J connectivity index is 1.60. The molecule has 0 spiro atoms. The van der Waals surface area contributed by atoms with Crippen molar-refractivity contribution in [3.63, 3.8) is 0 Å². The summed E-state index contributed by atoms with van der Waals surface area (Å²) in [6.07, 6.45) is 0. The molecule has 2 heterocycles. The number of amides is 2. The third-order valence-corrected chi connectivity index (χ3v) is 6.48. The first kappa shape index (κ1) is 23.8. The number of likely N-dealkylation sites (N-methyl/N-ethyl adjacent to an activating group) is 1. The number of carbonyl (C=O) groups is 2. The summed E-state index contributed by atoms with van der Waals surface area (Å²) < 4.78 is 18.9. The number of rotatable bonds is 6. The number of aryl methyl sites for hydroxylation is 1. The summed E-state index contributed by atoms with van der Waals surface area (Å²) in [6, 6.07) is 13.2. The summed E-state index contributed by atoms with van der Waals surface area (Å²) in [4.78, 5) is 32.0. The number of carbonyl (C=O) groups excluding carboxylic acids is 2. The Bertz CT molecular complexity index is 1080. The molecule has 0 bridgehead atoms. The second kappa shape index (κ2) is 10.3. The molecular formula is C26H31FN4O3. The summed E-state index contributed by atoms with van der Waals surface area (Å²) in [5, 5.41) is 2.87. The van der Waals surface area contributed by atoms with Crippen molar-refractivity contribution in [3.8, 4) is 0 Å². The average Bonchev–Trinajstić information content (AvgIpc) is 2.83. The standard InChI is InChI=1S/C26H31FN4O3/c1-4-34-25(32)23-22(29(3)26(33)28-24(23)19-9-11-20(27)12-10-19)17-30-13-15-31(16-14-30)21-8-6-5-7-18(21)2/h5-12,24H,4,13-17H2,1-3H3,(H,28,33). The molecule has 2 aromatic carbocycles. The summed E-state index contributed by atoms with van der Waals surface area (Å²) >= 11 is 0. The Morgan fingerprint density at radius 2 is 1.76 bits per heavy atom. The Hall–Kier alpha value is -3.39. The van der Waals surface area contributed by atoms with E-state index >= 15 is 0 Å². The summed E-state index contributed by atoms with van der Waals surface area (Å²) in [5.74, 6) is -0.853. The molecule has 0 aliphatic carbocycles. The van der Waals surface area contributed by atoms with Crippen LogP contribution in [0.25, 0.3) is 0 Å². The van der Waals surface area contributed by atoms with E-state index in [4.69, 9.17) is 4.74 Å². The minimum Gasteiger partial charge on any atom is -0.463 e. The number of urea groups is 1. The lowest BCUT2D eigenvalue weighted by Crippen LogP contribution is -2.52. The highest BCUT2D eigenvalue weighted by Crippen LogP contribution is 2.32. The van der Waals surface area contributed by atoms with Crippen LogP contribution in [0.5, 0.6) is 0 Å². The van der Waals surface area contributed by atoms with E-state index in [0.29, 0.717) is 23.4 Å². The van der Waals surface area contributed by atoms with E-state index in [1.54, 1.807) is 26.1 Å². The molecule has 1 saturated heterocycles. The van der Waals surface area contributed by atoms with Crippen LogP contribution in [0.2, 0.25) is 0 Å². The zero-order valence-electron chi connectivity index (χ0n) is 19.9. The van der Waals surface area contributed by atoms with Crippen molar-refractivity contribution in [2.45, 2.75) is 19.9 Å². The Morgan fingerprint density at radius 3 is 2.41 bits per heavy atom. The number of nitrogens with one attached hydrogen (secondary N) is 1. The van der Waals surface area contributed by atoms with E-state index in [1.165, 1.54) is 28.3 Å². The monoisotopic (exact) mass is 466 g/mol. The maximum absolute atomic E-state index is 13.5. The number of nitrogens with zero attached hydrogens (tertiary/aromatic N) is 3. The predicted octanol–water partition coefficient (Wildman–Crippen LogP) is 3.47. The van der Waals surface area contributed by atoms with Gasteiger partial charge in [0.2, 0.25) is 0 Å². The lowest BCUT2D eigenvalue weighted by Gasteiger charge is -2.40. The quantitative estimate of drug-likeness (QED) is 0.661. The lowest BCUT2D eigenvalue weighted by molar-refractivity contribution is -0.139. The molecule has 2 aliphatic rings. The molecule has 7 nitrogen and oxygen atoms in total. The average molecular weight is 467 g/mol. The number of para-hydroxylation sites is 1. The van der Waals surface area contributed by atoms with Gasteiger partial charge in [0.05, 0.1) is 18.2 Å². The van der Waals surface area contributed by atoms with Crippen molar-refractivity contribution in [2.75, 3.05) is 51.3 Å². The van der Waals surface area contributed by atoms with E-state index in [9.17, 15) is 14.0 Å². The summed E-state index contributed by atoms with van der Waals surface area (Å²) in [6.45, 7) is 7.82. The van der Waals surface area contributed by atoms with Gasteiger partial charge in [-0.25, -0.2) is 14.0 Å². The van der Waals surface area contributed by atoms with E-state index in [1.807, 2.05) is 6.07 Å². The lowest BCUT2D eigenvalue weighted by atomic mass is 9.94. The van der Waals surface area contributed by atoms with Crippen LogP contribution in [0.1, 0.15) is 24.1 Å². The van der Waals surface area contributed by atoms with Gasteiger partial charge in [-0.15, -0.1) is 0 Å². The van der Waals surface area contributed by atoms with Gasteiger partial charge < -0.3 is 15.0 Å². The molecule has 34 heavy (non-hydrogen) atoms. The third kappa shape index (κ3) is 4.92. The van der Waals surface area contributed by atoms with Gasteiger partial charge in [0.25, 0.3) is 0 Å². The molecule has 180 valence electrons. The van der Waals surface area contributed by atoms with Crippen molar-refractivity contribution in [3.05, 3.63) is 76.7 Å². The number of esters is 1. The SMILES string of the molecule is CCOC(=O)C1=C(CN2CCN(c3ccccc3C)CC2)N(C)C(=O)NC1c1ccc(F)cc1. The van der Waals surface area contributed by atoms with E-state index in [2.05, 4.69) is 40.2 Å². The normalized spacial score (nSPS) is 19.3. The molecule has 0 radical (unpaired) electrons. The van der Waals surface area contributed by atoms with Gasteiger partial charge in [0, 0.05) is 51.2 Å². The van der Waals surface area contributed by atoms with E-state index < -0.39 is 12.0 Å². The highest BCUT2D eigenvalue weighted by atomic mass is 19.1. The van der Waals surface area contributed by atoms with Crippen molar-refractivity contribution in [1.29, 1.82) is 0 Å². The molecule has 1 fully saturated rings. The van der Waals surface area contributed by atoms with Crippen LogP contribution in [0.4, 0.5) is 14.9 Å². The number of halogens is 1. The molecule has 1 atom stereocenters. The van der Waals surface area contributed by atoms with Crippen LogP contribution in [-0.2, 0) is 9.53 Å². The van der Waals surface area contributed by atoms with Crippen molar-refractivity contribution in [2.24, 2.45) is 0 Å². The Kier molecular flexibility index (Phi) is 7.17. The van der Waals surface area contributed by atoms with Crippen molar-refractivity contribution in [1.82, 2.24) is 15.1 Å². The van der Waals surface area contributed by atoms with E-state index in [-0.39, 0.29) is 18.5 Å². The van der Waals surface area contributed by atoms with Crippen LogP contribution in [-0.4, -0.2) is 68.2 Å². The Labute approximate surface area is 199 Å². The minimum absolute atomic E-state index is 0.221. The van der Waals surface area contributed by atoms with Gasteiger partial charge in [0.15, 0.2) is 0 Å². The van der Waals surface area contributed by atoms with Gasteiger partial charge in [-0.1, -0.05) is 30.3 Å². The number of benzene rings is 2. The summed E-state index contributed by atoms with van der Waals surface area (Å²) in [7, 11) is 1.66. The van der Waals surface area contributed by atoms with Gasteiger partial charge in [0.1, 0.15) is 5.82 Å². The van der Waals surface area contributed by atoms with Crippen LogP contribution >= 0.6 is 0 Å². The first-order valence-corrected chi connectivity index (χ1v) is 11.6. The topological polar surface area (TPSA) is 65.1 Å². The minimum atomic E-state index is -0.702. The van der Waals surface area contributed by atoms with Crippen molar-refractivity contribution < 1.29 is 18.7 Å². The number of ether oxygens (including phenoxy) is 1. The van der Waals surface area contributed by atoms with Gasteiger partial charge in [-0.3, -0.25) is 9.80 Å². The molecule has 8 heteroatoms. The molecule has 1 unspecified atom stereocenters. The van der Waals surface area contributed by atoms with Gasteiger partial charge in [-0.05, 0) is 43.2 Å². The van der Waals surface area contributed by atoms with Crippen LogP contribution < -0.4 is 10.2 Å². The maximum Gasteiger partial charge on any atom is 0.338 e. The second-order valence-electron chi connectivity index (χ2n) is 8.62. The molecule has 2 aromatic rings. The zero-order chi connectivity index (χ0) is 24.2. The van der Waals surface area contributed by atoms with Crippen LogP contribution in [0.15, 0.2) is 59.8 Å². The highest BCUT2D eigenvalue weighted by molar-refractivity contribution is 5.95. The summed E-state index contributed by atoms with van der Waals surface area (Å²) in [5.41, 5.74) is 4.11. The fraction of sp³-hybridized carbons (Fsp3) is 0.385. The number of hydrogen-bond donors (Lipinski definition) is 1. The third-order valence-electron chi connectivity index (χ3n) is 6.48. The maximum atomic E-state index is 13.5. The highest BCUT2D eigenvalue weighted by Gasteiger charge is 2.37. The first-order valence-electron chi connectivity index (χ1n) is 11.6. The first-order chi connectivity index (χ1) is 16.4. The van der Waals surface area contributed by atoms with Crippen molar-refractivity contribution >= 4 is 17.7 Å². The molecule has 1 N–H and O–H groups in total. The smallest absolute Gasteiger partial charge is 0.338 e. The van der Waals surface area contributed by atoms with E-state index in [0.717, 1.165) is 26.2 Å². The largest absolute Gasteiger partial charge is 0.463 e.